The van der Waals surface area contributed by atoms with Crippen molar-refractivity contribution < 1.29 is 8.42 Å². The molecule has 1 heterocycles. The van der Waals surface area contributed by atoms with Gasteiger partial charge < -0.3 is 0 Å². The normalized spacial score (nSPS) is 17.4. The second-order valence-electron chi connectivity index (χ2n) is 4.36. The van der Waals surface area contributed by atoms with E-state index in [2.05, 4.69) is 20.2 Å². The molecular formula is C9H17N5O2S2. The van der Waals surface area contributed by atoms with E-state index < -0.39 is 10.0 Å². The van der Waals surface area contributed by atoms with Crippen LogP contribution in [-0.2, 0) is 10.0 Å². The van der Waals surface area contributed by atoms with Gasteiger partial charge in [0.05, 0.1) is 12.3 Å². The quantitative estimate of drug-likeness (QED) is 0.604. The van der Waals surface area contributed by atoms with E-state index in [1.165, 1.54) is 24.6 Å². The fraction of sp³-hybridized carbons (Fsp3) is 0.889. The van der Waals surface area contributed by atoms with Crippen molar-refractivity contribution in [2.45, 2.75) is 36.9 Å². The predicted molar refractivity (Wildman–Crippen MR) is 68.9 cm³/mol. The molecule has 7 nitrogen and oxygen atoms in total. The Hall–Kier alpha value is -0.670. The maximum absolute atomic E-state index is 10.9. The van der Waals surface area contributed by atoms with Gasteiger partial charge in [0.2, 0.25) is 15.2 Å². The van der Waals surface area contributed by atoms with Gasteiger partial charge >= 0.3 is 0 Å². The molecule has 9 heteroatoms. The van der Waals surface area contributed by atoms with Crippen molar-refractivity contribution in [3.05, 3.63) is 0 Å². The van der Waals surface area contributed by atoms with Crippen LogP contribution >= 0.6 is 11.8 Å². The number of hydrogen-bond donors (Lipinski definition) is 1. The van der Waals surface area contributed by atoms with Crippen molar-refractivity contribution in [3.8, 4) is 0 Å². The number of hydrogen-bond acceptors (Lipinski definition) is 6. The van der Waals surface area contributed by atoms with Crippen LogP contribution in [0.15, 0.2) is 5.16 Å². The highest BCUT2D eigenvalue weighted by Gasteiger charge is 2.21. The van der Waals surface area contributed by atoms with E-state index in [4.69, 9.17) is 0 Å². The van der Waals surface area contributed by atoms with Gasteiger partial charge in [0, 0.05) is 12.3 Å². The highest BCUT2D eigenvalue weighted by atomic mass is 32.2. The maximum atomic E-state index is 10.9. The topological polar surface area (TPSA) is 89.8 Å². The largest absolute Gasteiger partial charge is 0.217 e. The fourth-order valence-electron chi connectivity index (χ4n) is 2.03. The molecule has 0 spiro atoms. The molecule has 1 N–H and O–H groups in total. The number of sulfonamides is 1. The molecule has 0 atom stereocenters. The van der Waals surface area contributed by atoms with Gasteiger partial charge in [-0.05, 0) is 23.3 Å². The minimum atomic E-state index is -3.11. The summed E-state index contributed by atoms with van der Waals surface area (Å²) in [6, 6.07) is 0.408. The molecule has 102 valence electrons. The average molecular weight is 291 g/mol. The van der Waals surface area contributed by atoms with E-state index >= 15 is 0 Å². The smallest absolute Gasteiger partial charge is 0.209 e. The molecule has 0 bridgehead atoms. The summed E-state index contributed by atoms with van der Waals surface area (Å²) in [6.07, 6.45) is 5.86. The summed E-state index contributed by atoms with van der Waals surface area (Å²) in [7, 11) is -3.11. The lowest BCUT2D eigenvalue weighted by Crippen LogP contribution is -2.24. The van der Waals surface area contributed by atoms with E-state index in [-0.39, 0.29) is 0 Å². The van der Waals surface area contributed by atoms with Crippen LogP contribution in [0.2, 0.25) is 0 Å². The van der Waals surface area contributed by atoms with Gasteiger partial charge in [-0.2, -0.15) is 0 Å². The van der Waals surface area contributed by atoms with Gasteiger partial charge in [-0.25, -0.2) is 17.8 Å². The average Bonchev–Trinajstić information content (AvgIpc) is 2.93. The first kappa shape index (κ1) is 13.8. The Morgan fingerprint density at radius 1 is 1.44 bits per heavy atom. The zero-order chi connectivity index (χ0) is 13.0. The van der Waals surface area contributed by atoms with E-state index in [1.807, 2.05) is 4.68 Å². The first-order chi connectivity index (χ1) is 8.56. The molecule has 1 saturated carbocycles. The molecule has 1 aromatic rings. The van der Waals surface area contributed by atoms with Crippen LogP contribution in [0.1, 0.15) is 31.7 Å². The van der Waals surface area contributed by atoms with Crippen molar-refractivity contribution in [2.75, 3.05) is 18.6 Å². The highest BCUT2D eigenvalue weighted by Crippen LogP contribution is 2.31. The monoisotopic (exact) mass is 291 g/mol. The zero-order valence-electron chi connectivity index (χ0n) is 10.2. The third kappa shape index (κ3) is 3.92. The molecule has 0 unspecified atom stereocenters. The summed E-state index contributed by atoms with van der Waals surface area (Å²) in [5, 5.41) is 12.5. The Balaban J connectivity index is 1.84. The Morgan fingerprint density at radius 3 is 2.83 bits per heavy atom. The van der Waals surface area contributed by atoms with E-state index in [1.54, 1.807) is 0 Å². The predicted octanol–water partition coefficient (Wildman–Crippen LogP) is 0.429. The lowest BCUT2D eigenvalue weighted by molar-refractivity contribution is 0.423. The summed E-state index contributed by atoms with van der Waals surface area (Å²) in [5.74, 6) is 0.625. The minimum Gasteiger partial charge on any atom is -0.217 e. The van der Waals surface area contributed by atoms with Gasteiger partial charge in [0.1, 0.15) is 0 Å². The molecule has 0 amide bonds. The molecule has 0 radical (unpaired) electrons. The van der Waals surface area contributed by atoms with Crippen LogP contribution in [-0.4, -0.2) is 47.2 Å². The SMILES string of the molecule is CS(=O)(=O)NCCSc1nnnn1C1CCCC1. The number of rotatable bonds is 6. The summed E-state index contributed by atoms with van der Waals surface area (Å²) in [5.41, 5.74) is 0. The third-order valence-corrected chi connectivity index (χ3v) is 4.49. The molecule has 0 aromatic carbocycles. The van der Waals surface area contributed by atoms with Crippen LogP contribution in [0.4, 0.5) is 0 Å². The number of nitrogens with one attached hydrogen (secondary N) is 1. The van der Waals surface area contributed by atoms with Crippen LogP contribution in [0, 0.1) is 0 Å². The molecular weight excluding hydrogens is 274 g/mol. The van der Waals surface area contributed by atoms with Gasteiger partial charge in [-0.15, -0.1) is 5.10 Å². The van der Waals surface area contributed by atoms with Crippen molar-refractivity contribution in [2.24, 2.45) is 0 Å². The molecule has 0 aliphatic heterocycles. The second kappa shape index (κ2) is 5.98. The summed E-state index contributed by atoms with van der Waals surface area (Å²) >= 11 is 1.48. The maximum Gasteiger partial charge on any atom is 0.209 e. The lowest BCUT2D eigenvalue weighted by Gasteiger charge is -2.10. The Kier molecular flexibility index (Phi) is 4.57. The van der Waals surface area contributed by atoms with Gasteiger partial charge in [-0.1, -0.05) is 24.6 Å². The van der Waals surface area contributed by atoms with Crippen molar-refractivity contribution in [1.82, 2.24) is 24.9 Å². The standard InChI is InChI=1S/C9H17N5O2S2/c1-18(15,16)10-6-7-17-9-11-12-13-14(9)8-4-2-3-5-8/h8,10H,2-7H2,1H3. The first-order valence-electron chi connectivity index (χ1n) is 5.91. The summed E-state index contributed by atoms with van der Waals surface area (Å²) in [6.45, 7) is 0.390. The highest BCUT2D eigenvalue weighted by molar-refractivity contribution is 7.99. The first-order valence-corrected chi connectivity index (χ1v) is 8.79. The molecule has 2 rings (SSSR count). The van der Waals surface area contributed by atoms with Crippen LogP contribution in [0.5, 0.6) is 0 Å². The molecule has 1 aliphatic rings. The fourth-order valence-corrected chi connectivity index (χ4v) is 3.43. The van der Waals surface area contributed by atoms with E-state index in [0.717, 1.165) is 24.3 Å². The Morgan fingerprint density at radius 2 is 2.17 bits per heavy atom. The van der Waals surface area contributed by atoms with Crippen LogP contribution < -0.4 is 4.72 Å². The lowest BCUT2D eigenvalue weighted by atomic mass is 10.3. The third-order valence-electron chi connectivity index (χ3n) is 2.83. The van der Waals surface area contributed by atoms with Crippen LogP contribution in [0.3, 0.4) is 0 Å². The molecule has 1 aliphatic carbocycles. The Labute approximate surface area is 111 Å². The van der Waals surface area contributed by atoms with Gasteiger partial charge in [-0.3, -0.25) is 0 Å². The number of nitrogens with zero attached hydrogens (tertiary/aromatic N) is 4. The number of tetrazole rings is 1. The second-order valence-corrected chi connectivity index (χ2v) is 7.25. The molecule has 1 fully saturated rings. The van der Waals surface area contributed by atoms with Crippen molar-refractivity contribution in [3.63, 3.8) is 0 Å². The zero-order valence-corrected chi connectivity index (χ0v) is 11.9. The molecule has 18 heavy (non-hydrogen) atoms. The van der Waals surface area contributed by atoms with Gasteiger partial charge in [0.25, 0.3) is 0 Å². The number of thioether (sulfide) groups is 1. The Bertz CT molecular complexity index is 481. The molecule has 0 saturated heterocycles. The van der Waals surface area contributed by atoms with E-state index in [9.17, 15) is 8.42 Å². The van der Waals surface area contributed by atoms with E-state index in [0.29, 0.717) is 18.3 Å². The summed E-state index contributed by atoms with van der Waals surface area (Å²) < 4.78 is 26.1. The minimum absolute atomic E-state index is 0.390. The van der Waals surface area contributed by atoms with Crippen molar-refractivity contribution >= 4 is 21.8 Å². The van der Waals surface area contributed by atoms with Crippen LogP contribution in [0.25, 0.3) is 0 Å². The number of aromatic nitrogens is 4. The van der Waals surface area contributed by atoms with Gasteiger partial charge in [0.15, 0.2) is 0 Å². The molecule has 1 aromatic heterocycles. The van der Waals surface area contributed by atoms with Crippen molar-refractivity contribution in [1.29, 1.82) is 0 Å². The summed E-state index contributed by atoms with van der Waals surface area (Å²) in [4.78, 5) is 0.